The van der Waals surface area contributed by atoms with Crippen LogP contribution in [0.5, 0.6) is 0 Å². The van der Waals surface area contributed by atoms with Crippen molar-refractivity contribution in [3.63, 3.8) is 0 Å². The molecule has 2 aliphatic carbocycles. The van der Waals surface area contributed by atoms with Gasteiger partial charge in [-0.3, -0.25) is 19.2 Å². The average molecular weight is 766 g/mol. The molecule has 2 heterocycles. The van der Waals surface area contributed by atoms with Crippen LogP contribution in [-0.4, -0.2) is 48.3 Å². The zero-order valence-corrected chi connectivity index (χ0v) is 35.1. The first kappa shape index (κ1) is 46.2. The number of ketones is 2. The summed E-state index contributed by atoms with van der Waals surface area (Å²) in [5.41, 5.74) is 0.899. The molecule has 2 aliphatic rings. The fraction of sp³-hybridized carbons (Fsp3) is 0.756. The van der Waals surface area contributed by atoms with Crippen molar-refractivity contribution < 1.29 is 28.0 Å². The number of amides is 1. The molecule has 2 aromatic heterocycles. The molecule has 0 spiro atoms. The van der Waals surface area contributed by atoms with Crippen molar-refractivity contribution in [1.82, 2.24) is 24.9 Å². The summed E-state index contributed by atoms with van der Waals surface area (Å²) >= 11 is 4.64. The molecule has 4 rings (SSSR count). The number of carbonyl (C=O) groups excluding carboxylic acids is 4. The fourth-order valence-corrected chi connectivity index (χ4v) is 9.04. The normalized spacial score (nSPS) is 21.8. The number of carbonyl (C=O) groups is 4. The Labute approximate surface area is 321 Å². The van der Waals surface area contributed by atoms with Gasteiger partial charge in [-0.1, -0.05) is 67.2 Å². The van der Waals surface area contributed by atoms with Gasteiger partial charge in [-0.05, 0) is 112 Å². The van der Waals surface area contributed by atoms with E-state index < -0.39 is 17.8 Å². The van der Waals surface area contributed by atoms with E-state index in [0.29, 0.717) is 46.9 Å². The summed E-state index contributed by atoms with van der Waals surface area (Å²) in [6.07, 6.45) is 10.8. The number of nitrogens with zero attached hydrogens (tertiary/aromatic N) is 4. The molecule has 0 aromatic carbocycles. The van der Waals surface area contributed by atoms with Crippen molar-refractivity contribution in [1.29, 1.82) is 0 Å². The highest BCUT2D eigenvalue weighted by atomic mass is 35.5. The molecule has 53 heavy (non-hydrogen) atoms. The molecule has 9 nitrogen and oxygen atoms in total. The molecular formula is C41H66ClF2N5O4. The monoisotopic (exact) mass is 765 g/mol. The third kappa shape index (κ3) is 13.1. The summed E-state index contributed by atoms with van der Waals surface area (Å²) in [6.45, 7) is 19.5. The first-order valence-electron chi connectivity index (χ1n) is 19.6. The van der Waals surface area contributed by atoms with E-state index in [4.69, 9.17) is 0 Å². The van der Waals surface area contributed by atoms with Crippen LogP contribution in [0, 0.1) is 73.1 Å². The third-order valence-electron chi connectivity index (χ3n) is 11.1. The minimum atomic E-state index is -0.757. The molecule has 7 unspecified atom stereocenters. The van der Waals surface area contributed by atoms with Gasteiger partial charge in [0.2, 0.25) is 17.1 Å². The van der Waals surface area contributed by atoms with Crippen molar-refractivity contribution >= 4 is 34.3 Å². The number of aromatic nitrogens is 4. The Hall–Kier alpha value is -2.95. The molecule has 300 valence electrons. The van der Waals surface area contributed by atoms with E-state index in [0.717, 1.165) is 67.2 Å². The minimum Gasteiger partial charge on any atom is -0.349 e. The summed E-state index contributed by atoms with van der Waals surface area (Å²) < 4.78 is 30.8. The van der Waals surface area contributed by atoms with Crippen LogP contribution in [0.3, 0.4) is 0 Å². The van der Waals surface area contributed by atoms with Crippen LogP contribution in [0.4, 0.5) is 8.78 Å². The molecule has 2 fully saturated rings. The number of rotatable bonds is 12. The highest BCUT2D eigenvalue weighted by molar-refractivity contribution is 6.62. The smallest absolute Gasteiger partial charge is 0.258 e. The predicted octanol–water partition coefficient (Wildman–Crippen LogP) is 9.35. The van der Waals surface area contributed by atoms with Gasteiger partial charge in [0.25, 0.3) is 5.91 Å². The van der Waals surface area contributed by atoms with Gasteiger partial charge in [0.1, 0.15) is 11.3 Å². The van der Waals surface area contributed by atoms with Crippen LogP contribution in [0.15, 0.2) is 0 Å². The summed E-state index contributed by atoms with van der Waals surface area (Å²) in [5.74, 6) is 0.285. The minimum absolute atomic E-state index is 0.00139. The molecule has 12 heteroatoms. The van der Waals surface area contributed by atoms with Crippen LogP contribution in [0.2, 0.25) is 0 Å². The summed E-state index contributed by atoms with van der Waals surface area (Å²) in [4.78, 5) is 47.5. The van der Waals surface area contributed by atoms with Gasteiger partial charge < -0.3 is 5.32 Å². The maximum absolute atomic E-state index is 14.5. The van der Waals surface area contributed by atoms with Gasteiger partial charge in [0.15, 0.2) is 5.78 Å². The first-order valence-corrected chi connectivity index (χ1v) is 20.0. The van der Waals surface area contributed by atoms with E-state index in [9.17, 15) is 28.0 Å². The molecule has 0 saturated heterocycles. The van der Waals surface area contributed by atoms with Crippen molar-refractivity contribution in [2.24, 2.45) is 61.4 Å². The van der Waals surface area contributed by atoms with Gasteiger partial charge in [-0.25, -0.2) is 9.36 Å². The SMILES string of the molecule is CC(=O)C(C(=O)c1c(C)nn(C)c1F)C1CCCCC1C(C)CC(C)C.CC(=O)Cl.Cc1nn(C)c(F)c1C(=O)NC1CCCCC1C(C)CC(C)C. The van der Waals surface area contributed by atoms with Gasteiger partial charge in [0.05, 0.1) is 22.9 Å². The molecule has 1 N–H and O–H groups in total. The standard InChI is InChI=1S/C21H33FN2O2.C18H30FN3O.C2H3ClO/c1-12(2)11-13(3)16-9-7-8-10-17(16)19(15(5)25)20(26)18-14(4)23-24(6)21(18)22;1-11(2)10-12(3)14-8-6-7-9-15(14)20-18(23)16-13(4)21-22(5)17(16)19;1-2(3)4/h12-13,16-17,19H,7-11H2,1-6H3;11-12,14-15H,6-10H2,1-5H3,(H,20,23);1H3. The van der Waals surface area contributed by atoms with E-state index >= 15 is 0 Å². The van der Waals surface area contributed by atoms with Crippen LogP contribution < -0.4 is 5.32 Å². The third-order valence-corrected chi connectivity index (χ3v) is 11.1. The highest BCUT2D eigenvalue weighted by Gasteiger charge is 2.42. The van der Waals surface area contributed by atoms with Crippen molar-refractivity contribution in [2.45, 2.75) is 139 Å². The maximum atomic E-state index is 14.5. The van der Waals surface area contributed by atoms with Crippen molar-refractivity contribution in [2.75, 3.05) is 0 Å². The Morgan fingerprint density at radius 2 is 1.11 bits per heavy atom. The van der Waals surface area contributed by atoms with Crippen LogP contribution in [0.1, 0.15) is 152 Å². The summed E-state index contributed by atoms with van der Waals surface area (Å²) in [7, 11) is 3.00. The van der Waals surface area contributed by atoms with Crippen LogP contribution in [0.25, 0.3) is 0 Å². The second kappa shape index (κ2) is 21.2. The Kier molecular flexibility index (Phi) is 18.5. The molecule has 0 bridgehead atoms. The first-order chi connectivity index (χ1) is 24.7. The second-order valence-corrected chi connectivity index (χ2v) is 17.1. The van der Waals surface area contributed by atoms with Gasteiger partial charge in [-0.2, -0.15) is 19.0 Å². The van der Waals surface area contributed by atoms with E-state index in [2.05, 4.69) is 68.7 Å². The molecule has 2 saturated carbocycles. The Morgan fingerprint density at radius 1 is 0.717 bits per heavy atom. The Balaban J connectivity index is 0.000000335. The molecule has 7 atom stereocenters. The number of hydrogen-bond acceptors (Lipinski definition) is 6. The zero-order chi connectivity index (χ0) is 40.3. The lowest BCUT2D eigenvalue weighted by molar-refractivity contribution is -0.122. The molecule has 1 amide bonds. The Morgan fingerprint density at radius 3 is 1.53 bits per heavy atom. The van der Waals surface area contributed by atoms with Gasteiger partial charge >= 0.3 is 0 Å². The van der Waals surface area contributed by atoms with Crippen LogP contribution >= 0.6 is 11.6 Å². The van der Waals surface area contributed by atoms with E-state index in [1.165, 1.54) is 34.4 Å². The number of halogens is 3. The largest absolute Gasteiger partial charge is 0.349 e. The summed E-state index contributed by atoms with van der Waals surface area (Å²) in [6, 6.07) is 0.143. The lowest BCUT2D eigenvalue weighted by Gasteiger charge is -2.39. The van der Waals surface area contributed by atoms with E-state index in [1.54, 1.807) is 13.8 Å². The highest BCUT2D eigenvalue weighted by Crippen LogP contribution is 2.43. The fourth-order valence-electron chi connectivity index (χ4n) is 9.04. The van der Waals surface area contributed by atoms with E-state index in [-0.39, 0.29) is 45.8 Å². The quantitative estimate of drug-likeness (QED) is 0.131. The van der Waals surface area contributed by atoms with Crippen molar-refractivity contribution in [3.8, 4) is 0 Å². The topological polar surface area (TPSA) is 116 Å². The molecule has 2 aromatic rings. The number of nitrogens with one attached hydrogen (secondary N) is 1. The average Bonchev–Trinajstić information content (AvgIpc) is 3.46. The Bertz CT molecular complexity index is 1530. The van der Waals surface area contributed by atoms with Gasteiger partial charge in [-0.15, -0.1) is 0 Å². The maximum Gasteiger partial charge on any atom is 0.258 e. The van der Waals surface area contributed by atoms with Crippen molar-refractivity contribution in [3.05, 3.63) is 34.4 Å². The second-order valence-electron chi connectivity index (χ2n) is 16.5. The lowest BCUT2D eigenvalue weighted by atomic mass is 9.64. The molecular weight excluding hydrogens is 700 g/mol. The molecule has 0 aliphatic heterocycles. The predicted molar refractivity (Wildman–Crippen MR) is 207 cm³/mol. The molecule has 0 radical (unpaired) electrons. The zero-order valence-electron chi connectivity index (χ0n) is 34.3. The lowest BCUT2D eigenvalue weighted by Crippen LogP contribution is -2.44. The number of aryl methyl sites for hydroxylation is 4. The number of Topliss-reactive ketones (excluding diaryl/α,β-unsaturated/α-hetero) is 2. The number of hydrogen-bond donors (Lipinski definition) is 1. The van der Waals surface area contributed by atoms with Gasteiger partial charge in [0, 0.05) is 27.1 Å². The summed E-state index contributed by atoms with van der Waals surface area (Å²) in [5, 5.41) is 10.8. The van der Waals surface area contributed by atoms with Crippen LogP contribution in [-0.2, 0) is 23.7 Å². The van der Waals surface area contributed by atoms with E-state index in [1.807, 2.05) is 0 Å².